The van der Waals surface area contributed by atoms with E-state index in [4.69, 9.17) is 0 Å². The Hall–Kier alpha value is -0.580. The smallest absolute Gasteiger partial charge is 0.251 e. The second-order valence-electron chi connectivity index (χ2n) is 5.90. The van der Waals surface area contributed by atoms with Crippen molar-refractivity contribution in [2.24, 2.45) is 9.81 Å². The Morgan fingerprint density at radius 3 is 2.06 bits per heavy atom. The van der Waals surface area contributed by atoms with Gasteiger partial charge in [0.1, 0.15) is 5.84 Å². The molecular weight excluding hydrogens is 236 g/mol. The topological polar surface area (TPSA) is 49.7 Å². The summed E-state index contributed by atoms with van der Waals surface area (Å²) in [6.07, 6.45) is 5.07. The Morgan fingerprint density at radius 2 is 1.71 bits per heavy atom. The lowest BCUT2D eigenvalue weighted by atomic mass is 9.89. The largest absolute Gasteiger partial charge is 0.365 e. The van der Waals surface area contributed by atoms with Gasteiger partial charge >= 0.3 is 0 Å². The number of hydrogen-bond acceptors (Lipinski definition) is 2. The third-order valence-electron chi connectivity index (χ3n) is 2.36. The van der Waals surface area contributed by atoms with Crippen LogP contribution in [0.4, 0.5) is 0 Å². The Labute approximate surface area is 106 Å². The summed E-state index contributed by atoms with van der Waals surface area (Å²) in [7, 11) is 0.367. The summed E-state index contributed by atoms with van der Waals surface area (Å²) in [4.78, 5) is 1.78. The van der Waals surface area contributed by atoms with Crippen molar-refractivity contribution >= 4 is 15.9 Å². The molecule has 4 nitrogen and oxygen atoms in total. The van der Waals surface area contributed by atoms with Crippen molar-refractivity contribution in [3.63, 3.8) is 0 Å². The third-order valence-corrected chi connectivity index (χ3v) is 2.91. The van der Waals surface area contributed by atoms with Crippen molar-refractivity contribution < 1.29 is 8.42 Å². The van der Waals surface area contributed by atoms with Crippen LogP contribution in [0.3, 0.4) is 0 Å². The maximum absolute atomic E-state index is 11.1. The van der Waals surface area contributed by atoms with Gasteiger partial charge in [-0.1, -0.05) is 27.2 Å². The molecule has 0 aliphatic rings. The van der Waals surface area contributed by atoms with Crippen LogP contribution in [0.2, 0.25) is 0 Å². The number of amidine groups is 1. The van der Waals surface area contributed by atoms with Crippen molar-refractivity contribution in [1.29, 1.82) is 0 Å². The normalized spacial score (nSPS) is 13.9. The summed E-state index contributed by atoms with van der Waals surface area (Å²) >= 11 is 0. The van der Waals surface area contributed by atoms with Gasteiger partial charge in [0.05, 0.1) is 6.26 Å². The quantitative estimate of drug-likeness (QED) is 0.434. The summed E-state index contributed by atoms with van der Waals surface area (Å²) in [5.41, 5.74) is 0.340. The fraction of sp³-hybridized carbons (Fsp3) is 0.917. The second kappa shape index (κ2) is 6.38. The molecule has 0 unspecified atom stereocenters. The fourth-order valence-corrected chi connectivity index (χ4v) is 2.12. The molecule has 0 radical (unpaired) electrons. The fourth-order valence-electron chi connectivity index (χ4n) is 1.48. The molecule has 0 atom stereocenters. The van der Waals surface area contributed by atoms with Gasteiger partial charge in [-0.3, -0.25) is 0 Å². The van der Waals surface area contributed by atoms with E-state index in [0.717, 1.165) is 31.9 Å². The van der Waals surface area contributed by atoms with E-state index >= 15 is 0 Å². The highest BCUT2D eigenvalue weighted by Crippen LogP contribution is 2.22. The molecule has 0 heterocycles. The van der Waals surface area contributed by atoms with Gasteiger partial charge in [0, 0.05) is 20.5 Å². The zero-order valence-corrected chi connectivity index (χ0v) is 12.8. The van der Waals surface area contributed by atoms with Gasteiger partial charge in [0.2, 0.25) is 0 Å². The summed E-state index contributed by atoms with van der Waals surface area (Å²) in [6, 6.07) is 0. The van der Waals surface area contributed by atoms with Crippen molar-refractivity contribution in [2.45, 2.75) is 46.5 Å². The van der Waals surface area contributed by atoms with Crippen LogP contribution >= 0.6 is 0 Å². The van der Waals surface area contributed by atoms with Gasteiger partial charge in [0.15, 0.2) is 0 Å². The number of rotatable bonds is 5. The van der Waals surface area contributed by atoms with Crippen LogP contribution in [-0.2, 0) is 10.0 Å². The molecule has 0 fully saturated rings. The molecule has 0 amide bonds. The van der Waals surface area contributed by atoms with Gasteiger partial charge in [-0.05, 0) is 18.3 Å². The predicted octanol–water partition coefficient (Wildman–Crippen LogP) is 2.51. The maximum atomic E-state index is 11.1. The first-order chi connectivity index (χ1) is 7.51. The SMILES string of the molecule is CN(C)/C(CCCCC(C)(C)C)=N\S(C)(=O)=O. The minimum Gasteiger partial charge on any atom is -0.365 e. The van der Waals surface area contributed by atoms with Crippen molar-refractivity contribution in [3.8, 4) is 0 Å². The van der Waals surface area contributed by atoms with E-state index in [9.17, 15) is 8.42 Å². The first kappa shape index (κ1) is 16.4. The minimum absolute atomic E-state index is 0.340. The Morgan fingerprint density at radius 1 is 1.18 bits per heavy atom. The monoisotopic (exact) mass is 262 g/mol. The molecule has 5 heteroatoms. The first-order valence-corrected chi connectivity index (χ1v) is 7.82. The molecule has 0 bridgehead atoms. The Kier molecular flexibility index (Phi) is 6.16. The number of nitrogens with zero attached hydrogens (tertiary/aromatic N) is 2. The Balaban J connectivity index is 4.28. The molecule has 0 saturated carbocycles. The predicted molar refractivity (Wildman–Crippen MR) is 73.9 cm³/mol. The van der Waals surface area contributed by atoms with Crippen molar-refractivity contribution in [3.05, 3.63) is 0 Å². The van der Waals surface area contributed by atoms with Crippen LogP contribution in [-0.4, -0.2) is 39.5 Å². The van der Waals surface area contributed by atoms with Crippen LogP contribution < -0.4 is 0 Å². The van der Waals surface area contributed by atoms with E-state index in [2.05, 4.69) is 25.2 Å². The van der Waals surface area contributed by atoms with E-state index < -0.39 is 10.0 Å². The van der Waals surface area contributed by atoms with Crippen molar-refractivity contribution in [1.82, 2.24) is 4.90 Å². The van der Waals surface area contributed by atoms with Crippen LogP contribution in [0.1, 0.15) is 46.5 Å². The zero-order chi connectivity index (χ0) is 13.7. The molecular formula is C12H26N2O2S. The van der Waals surface area contributed by atoms with Gasteiger partial charge < -0.3 is 4.90 Å². The number of sulfonamides is 1. The average Bonchev–Trinajstić information content (AvgIpc) is 2.06. The molecule has 0 aliphatic carbocycles. The highest BCUT2D eigenvalue weighted by Gasteiger charge is 2.11. The van der Waals surface area contributed by atoms with Crippen LogP contribution in [0.5, 0.6) is 0 Å². The second-order valence-corrected chi connectivity index (χ2v) is 7.55. The zero-order valence-electron chi connectivity index (χ0n) is 11.9. The molecule has 0 aromatic carbocycles. The molecule has 0 rings (SSSR count). The van der Waals surface area contributed by atoms with Gasteiger partial charge in [-0.2, -0.15) is 4.40 Å². The molecule has 0 spiro atoms. The average molecular weight is 262 g/mol. The standard InChI is InChI=1S/C12H26N2O2S/c1-12(2,3)10-8-7-9-11(14(4)5)13-17(6,15)16/h7-10H2,1-6H3/b13-11-. The van der Waals surface area contributed by atoms with Gasteiger partial charge in [-0.15, -0.1) is 0 Å². The van der Waals surface area contributed by atoms with E-state index in [1.807, 2.05) is 14.1 Å². The van der Waals surface area contributed by atoms with Crippen LogP contribution in [0.25, 0.3) is 0 Å². The first-order valence-electron chi connectivity index (χ1n) is 5.97. The molecule has 102 valence electrons. The van der Waals surface area contributed by atoms with Crippen LogP contribution in [0, 0.1) is 5.41 Å². The number of hydrogen-bond donors (Lipinski definition) is 0. The van der Waals surface area contributed by atoms with Crippen molar-refractivity contribution in [2.75, 3.05) is 20.4 Å². The number of unbranched alkanes of at least 4 members (excludes halogenated alkanes) is 1. The highest BCUT2D eigenvalue weighted by atomic mass is 32.2. The third kappa shape index (κ3) is 10.3. The minimum atomic E-state index is -3.29. The van der Waals surface area contributed by atoms with E-state index in [1.54, 1.807) is 4.90 Å². The lowest BCUT2D eigenvalue weighted by Gasteiger charge is -2.19. The van der Waals surface area contributed by atoms with Gasteiger partial charge in [-0.25, -0.2) is 8.42 Å². The molecule has 0 aromatic heterocycles. The molecule has 17 heavy (non-hydrogen) atoms. The summed E-state index contributed by atoms with van der Waals surface area (Å²) in [5.74, 6) is 0.640. The maximum Gasteiger partial charge on any atom is 0.251 e. The summed E-state index contributed by atoms with van der Waals surface area (Å²) in [6.45, 7) is 6.64. The highest BCUT2D eigenvalue weighted by molar-refractivity contribution is 7.89. The molecule has 0 N–H and O–H groups in total. The lowest BCUT2D eigenvalue weighted by molar-refractivity contribution is 0.361. The lowest BCUT2D eigenvalue weighted by Crippen LogP contribution is -2.23. The Bertz CT molecular complexity index is 351. The van der Waals surface area contributed by atoms with Crippen LogP contribution in [0.15, 0.2) is 4.40 Å². The summed E-state index contributed by atoms with van der Waals surface area (Å²) in [5, 5.41) is 0. The molecule has 0 aromatic rings. The van der Waals surface area contributed by atoms with E-state index in [1.165, 1.54) is 0 Å². The van der Waals surface area contributed by atoms with E-state index in [0.29, 0.717) is 11.3 Å². The summed E-state index contributed by atoms with van der Waals surface area (Å²) < 4.78 is 26.0. The van der Waals surface area contributed by atoms with Gasteiger partial charge in [0.25, 0.3) is 10.0 Å². The molecule has 0 saturated heterocycles. The molecule has 0 aliphatic heterocycles. The van der Waals surface area contributed by atoms with E-state index in [-0.39, 0.29) is 0 Å².